The quantitative estimate of drug-likeness (QED) is 0.343. The van der Waals surface area contributed by atoms with Crippen LogP contribution in [-0.2, 0) is 17.8 Å². The summed E-state index contributed by atoms with van der Waals surface area (Å²) in [5, 5.41) is 17.3. The van der Waals surface area contributed by atoms with Crippen molar-refractivity contribution in [2.75, 3.05) is 38.7 Å². The smallest absolute Gasteiger partial charge is 0.293 e. The second kappa shape index (κ2) is 11.4. The van der Waals surface area contributed by atoms with E-state index < -0.39 is 4.92 Å². The van der Waals surface area contributed by atoms with E-state index in [0.717, 1.165) is 25.2 Å². The molecule has 31 heavy (non-hydrogen) atoms. The van der Waals surface area contributed by atoms with E-state index >= 15 is 0 Å². The number of carbonyl (C=O) groups excluding carboxylic acids is 1. The number of rotatable bonds is 10. The Morgan fingerprint density at radius 1 is 1.13 bits per heavy atom. The van der Waals surface area contributed by atoms with Gasteiger partial charge in [0.2, 0.25) is 0 Å². The number of ether oxygens (including phenoxy) is 1. The van der Waals surface area contributed by atoms with Crippen molar-refractivity contribution in [1.82, 2.24) is 10.2 Å². The van der Waals surface area contributed by atoms with E-state index in [4.69, 9.17) is 4.74 Å². The molecular weight excluding hydrogens is 396 g/mol. The van der Waals surface area contributed by atoms with Crippen LogP contribution in [0.15, 0.2) is 42.5 Å². The van der Waals surface area contributed by atoms with E-state index in [-0.39, 0.29) is 17.2 Å². The molecule has 2 aromatic rings. The fourth-order valence-electron chi connectivity index (χ4n) is 3.78. The highest BCUT2D eigenvalue weighted by Gasteiger charge is 2.18. The summed E-state index contributed by atoms with van der Waals surface area (Å²) in [4.78, 5) is 26.1. The molecule has 2 N–H and O–H groups in total. The van der Waals surface area contributed by atoms with Crippen molar-refractivity contribution in [3.05, 3.63) is 69.3 Å². The first-order chi connectivity index (χ1) is 15.1. The lowest BCUT2D eigenvalue weighted by atomic mass is 10.0. The SMILES string of the molecule is COCCNc1ccc(C(=O)NCc2ccccc2CN2CCCCC2)cc1[N+](=O)[O-]. The first-order valence-electron chi connectivity index (χ1n) is 10.7. The van der Waals surface area contributed by atoms with Gasteiger partial charge in [0.25, 0.3) is 11.6 Å². The lowest BCUT2D eigenvalue weighted by Crippen LogP contribution is -2.30. The topological polar surface area (TPSA) is 96.7 Å². The zero-order valence-corrected chi connectivity index (χ0v) is 17.9. The molecule has 3 rings (SSSR count). The Bertz CT molecular complexity index is 897. The van der Waals surface area contributed by atoms with Crippen molar-refractivity contribution in [2.45, 2.75) is 32.4 Å². The average molecular weight is 427 g/mol. The molecule has 0 spiro atoms. The third-order valence-corrected chi connectivity index (χ3v) is 5.48. The Balaban J connectivity index is 1.65. The molecule has 8 nitrogen and oxygen atoms in total. The second-order valence-corrected chi connectivity index (χ2v) is 7.70. The zero-order chi connectivity index (χ0) is 22.1. The summed E-state index contributed by atoms with van der Waals surface area (Å²) >= 11 is 0. The molecule has 0 unspecified atom stereocenters. The van der Waals surface area contributed by atoms with Crippen LogP contribution in [0.5, 0.6) is 0 Å². The number of piperidine rings is 1. The molecule has 0 aromatic heterocycles. The van der Waals surface area contributed by atoms with Gasteiger partial charge in [0, 0.05) is 38.4 Å². The molecule has 0 atom stereocenters. The fourth-order valence-corrected chi connectivity index (χ4v) is 3.78. The maximum atomic E-state index is 12.7. The van der Waals surface area contributed by atoms with E-state index in [2.05, 4.69) is 21.6 Å². The normalized spacial score (nSPS) is 14.2. The van der Waals surface area contributed by atoms with Gasteiger partial charge in [0.05, 0.1) is 11.5 Å². The van der Waals surface area contributed by atoms with Crippen molar-refractivity contribution in [1.29, 1.82) is 0 Å². The van der Waals surface area contributed by atoms with Crippen LogP contribution in [0.2, 0.25) is 0 Å². The first-order valence-corrected chi connectivity index (χ1v) is 10.7. The summed E-state index contributed by atoms with van der Waals surface area (Å²) in [5.74, 6) is -0.334. The van der Waals surface area contributed by atoms with E-state index in [0.29, 0.717) is 25.4 Å². The Morgan fingerprint density at radius 2 is 1.87 bits per heavy atom. The molecule has 166 valence electrons. The van der Waals surface area contributed by atoms with Crippen molar-refractivity contribution in [3.8, 4) is 0 Å². The van der Waals surface area contributed by atoms with Crippen LogP contribution in [0.3, 0.4) is 0 Å². The number of nitro groups is 1. The first kappa shape index (κ1) is 22.7. The van der Waals surface area contributed by atoms with Crippen LogP contribution in [0.25, 0.3) is 0 Å². The Hall–Kier alpha value is -2.97. The minimum Gasteiger partial charge on any atom is -0.383 e. The number of likely N-dealkylation sites (tertiary alicyclic amines) is 1. The number of benzene rings is 2. The number of nitro benzene ring substituents is 1. The molecule has 1 amide bonds. The van der Waals surface area contributed by atoms with Crippen molar-refractivity contribution >= 4 is 17.3 Å². The lowest BCUT2D eigenvalue weighted by Gasteiger charge is -2.27. The number of nitrogens with zero attached hydrogens (tertiary/aromatic N) is 2. The van der Waals surface area contributed by atoms with E-state index in [1.165, 1.54) is 30.9 Å². The average Bonchev–Trinajstić information content (AvgIpc) is 2.79. The summed E-state index contributed by atoms with van der Waals surface area (Å²) in [6.07, 6.45) is 3.75. The Labute approximate surface area is 182 Å². The van der Waals surface area contributed by atoms with E-state index in [1.54, 1.807) is 19.2 Å². The molecule has 1 aliphatic heterocycles. The van der Waals surface area contributed by atoms with Crippen molar-refractivity contribution in [3.63, 3.8) is 0 Å². The van der Waals surface area contributed by atoms with E-state index in [9.17, 15) is 14.9 Å². The number of hydrogen-bond acceptors (Lipinski definition) is 6. The molecule has 2 aromatic carbocycles. The standard InChI is InChI=1S/C23H30N4O4/c1-31-14-11-24-21-10-9-18(15-22(21)27(29)30)23(28)25-16-19-7-3-4-8-20(19)17-26-12-5-2-6-13-26/h3-4,7-10,15,24H,2,5-6,11-14,16-17H2,1H3,(H,25,28). The zero-order valence-electron chi connectivity index (χ0n) is 17.9. The van der Waals surface area contributed by atoms with Gasteiger partial charge in [-0.3, -0.25) is 19.8 Å². The molecule has 0 aliphatic carbocycles. The minimum atomic E-state index is -0.486. The molecule has 0 radical (unpaired) electrons. The summed E-state index contributed by atoms with van der Waals surface area (Å²) < 4.78 is 4.96. The van der Waals surface area contributed by atoms with Gasteiger partial charge < -0.3 is 15.4 Å². The van der Waals surface area contributed by atoms with Crippen LogP contribution in [-0.4, -0.2) is 49.1 Å². The Morgan fingerprint density at radius 3 is 2.58 bits per heavy atom. The van der Waals surface area contributed by atoms with Gasteiger partial charge in [0.1, 0.15) is 5.69 Å². The van der Waals surface area contributed by atoms with Crippen molar-refractivity contribution in [2.24, 2.45) is 0 Å². The highest BCUT2D eigenvalue weighted by Crippen LogP contribution is 2.25. The number of anilines is 1. The number of carbonyl (C=O) groups is 1. The van der Waals surface area contributed by atoms with Gasteiger partial charge in [-0.05, 0) is 49.2 Å². The van der Waals surface area contributed by atoms with Gasteiger partial charge in [-0.2, -0.15) is 0 Å². The summed E-state index contributed by atoms with van der Waals surface area (Å²) in [6, 6.07) is 12.6. The van der Waals surface area contributed by atoms with E-state index in [1.807, 2.05) is 18.2 Å². The highest BCUT2D eigenvalue weighted by atomic mass is 16.6. The molecule has 1 heterocycles. The monoisotopic (exact) mass is 426 g/mol. The summed E-state index contributed by atoms with van der Waals surface area (Å²) in [6.45, 7) is 4.33. The van der Waals surface area contributed by atoms with Crippen molar-refractivity contribution < 1.29 is 14.5 Å². The number of nitrogens with one attached hydrogen (secondary N) is 2. The van der Waals surface area contributed by atoms with Gasteiger partial charge in [0.15, 0.2) is 0 Å². The van der Waals surface area contributed by atoms with Crippen LogP contribution < -0.4 is 10.6 Å². The lowest BCUT2D eigenvalue weighted by molar-refractivity contribution is -0.384. The maximum absolute atomic E-state index is 12.7. The predicted octanol–water partition coefficient (Wildman–Crippen LogP) is 3.57. The molecule has 1 fully saturated rings. The van der Waals surface area contributed by atoms with Crippen LogP contribution >= 0.6 is 0 Å². The molecule has 0 bridgehead atoms. The third kappa shape index (κ3) is 6.50. The molecule has 0 saturated carbocycles. The molecule has 1 saturated heterocycles. The molecular formula is C23H30N4O4. The van der Waals surface area contributed by atoms with Gasteiger partial charge in [-0.15, -0.1) is 0 Å². The van der Waals surface area contributed by atoms with Gasteiger partial charge in [-0.25, -0.2) is 0 Å². The number of amides is 1. The number of hydrogen-bond donors (Lipinski definition) is 2. The molecule has 1 aliphatic rings. The third-order valence-electron chi connectivity index (χ3n) is 5.48. The van der Waals surface area contributed by atoms with Crippen LogP contribution in [0, 0.1) is 10.1 Å². The maximum Gasteiger partial charge on any atom is 0.293 e. The second-order valence-electron chi connectivity index (χ2n) is 7.70. The number of methoxy groups -OCH3 is 1. The Kier molecular flexibility index (Phi) is 8.37. The largest absolute Gasteiger partial charge is 0.383 e. The summed E-state index contributed by atoms with van der Waals surface area (Å²) in [5.41, 5.74) is 2.76. The van der Waals surface area contributed by atoms with Gasteiger partial charge in [-0.1, -0.05) is 30.7 Å². The van der Waals surface area contributed by atoms with Crippen LogP contribution in [0.1, 0.15) is 40.7 Å². The van der Waals surface area contributed by atoms with Crippen LogP contribution in [0.4, 0.5) is 11.4 Å². The molecule has 8 heteroatoms. The highest BCUT2D eigenvalue weighted by molar-refractivity contribution is 5.95. The minimum absolute atomic E-state index is 0.130. The fraction of sp³-hybridized carbons (Fsp3) is 0.435. The summed E-state index contributed by atoms with van der Waals surface area (Å²) in [7, 11) is 1.56. The predicted molar refractivity (Wildman–Crippen MR) is 120 cm³/mol. The van der Waals surface area contributed by atoms with Gasteiger partial charge >= 0.3 is 0 Å².